The minimum absolute atomic E-state index is 0.378. The van der Waals surface area contributed by atoms with E-state index < -0.39 is 10.8 Å². The van der Waals surface area contributed by atoms with Gasteiger partial charge in [0.25, 0.3) is 0 Å². The summed E-state index contributed by atoms with van der Waals surface area (Å²) in [6.45, 7) is 3.36. The highest BCUT2D eigenvalue weighted by atomic mass is 32.2. The quantitative estimate of drug-likeness (QED) is 0.559. The highest BCUT2D eigenvalue weighted by Crippen LogP contribution is 2.20. The number of nitrogens with two attached hydrogens (primary N) is 1. The van der Waals surface area contributed by atoms with Gasteiger partial charge in [-0.05, 0) is 12.8 Å². The summed E-state index contributed by atoms with van der Waals surface area (Å²) >= 11 is 0. The average molecular weight is 297 g/mol. The molecule has 9 heteroatoms. The first-order chi connectivity index (χ1) is 9.76. The van der Waals surface area contributed by atoms with Crippen LogP contribution in [0.1, 0.15) is 12.8 Å². The molecule has 0 aromatic carbocycles. The van der Waals surface area contributed by atoms with Crippen LogP contribution in [0, 0.1) is 0 Å². The van der Waals surface area contributed by atoms with Crippen molar-refractivity contribution in [1.82, 2.24) is 15.0 Å². The number of nitrogens with zero attached hydrogens (tertiary/aromatic N) is 5. The number of hydrogen-bond acceptors (Lipinski definition) is 8. The smallest absolute Gasteiger partial charge is 0.243 e. The minimum Gasteiger partial charge on any atom is -0.341 e. The number of anilines is 3. The Hall–Kier alpha value is -1.48. The molecular formula is C11H19N7OS. The molecule has 2 aliphatic rings. The Morgan fingerprint density at radius 1 is 0.950 bits per heavy atom. The van der Waals surface area contributed by atoms with Gasteiger partial charge < -0.3 is 9.80 Å². The van der Waals surface area contributed by atoms with Gasteiger partial charge in [-0.1, -0.05) is 0 Å². The molecular weight excluding hydrogens is 278 g/mol. The predicted molar refractivity (Wildman–Crippen MR) is 79.2 cm³/mol. The Morgan fingerprint density at radius 3 is 2.05 bits per heavy atom. The normalized spacial score (nSPS) is 20.4. The zero-order valence-electron chi connectivity index (χ0n) is 11.3. The molecule has 0 bridgehead atoms. The molecule has 3 heterocycles. The summed E-state index contributed by atoms with van der Waals surface area (Å²) in [7, 11) is -0.713. The van der Waals surface area contributed by atoms with Gasteiger partial charge in [-0.3, -0.25) is 9.63 Å². The van der Waals surface area contributed by atoms with Crippen molar-refractivity contribution in [3.8, 4) is 0 Å². The fourth-order valence-corrected chi connectivity index (χ4v) is 3.51. The third-order valence-electron chi connectivity index (χ3n) is 3.59. The molecule has 2 saturated heterocycles. The van der Waals surface area contributed by atoms with Crippen LogP contribution in [-0.4, -0.2) is 56.8 Å². The number of aromatic nitrogens is 3. The lowest BCUT2D eigenvalue weighted by molar-refractivity contribution is 0.670. The molecule has 2 aliphatic heterocycles. The van der Waals surface area contributed by atoms with Crippen LogP contribution in [0.2, 0.25) is 0 Å². The summed E-state index contributed by atoms with van der Waals surface area (Å²) in [5.41, 5.74) is 2.50. The monoisotopic (exact) mass is 297 g/mol. The molecule has 3 N–H and O–H groups in total. The lowest BCUT2D eigenvalue weighted by Gasteiger charge is -2.27. The molecule has 0 saturated carbocycles. The molecule has 2 fully saturated rings. The van der Waals surface area contributed by atoms with Crippen LogP contribution in [0.3, 0.4) is 0 Å². The van der Waals surface area contributed by atoms with E-state index in [2.05, 4.69) is 25.3 Å². The summed E-state index contributed by atoms with van der Waals surface area (Å²) in [6.07, 6.45) is 2.32. The molecule has 0 aliphatic carbocycles. The standard InChI is InChI=1S/C11H19N7OS/c12-16-9-13-10(17-3-1-2-4-17)15-11(14-9)18-5-7-20(19)8-6-18/h1-8,12H2,(H,13,14,15,16). The van der Waals surface area contributed by atoms with E-state index >= 15 is 0 Å². The van der Waals surface area contributed by atoms with Gasteiger partial charge in [0, 0.05) is 48.5 Å². The molecule has 0 atom stereocenters. The second kappa shape index (κ2) is 5.88. The van der Waals surface area contributed by atoms with E-state index in [0.29, 0.717) is 42.4 Å². The number of rotatable bonds is 3. The molecule has 110 valence electrons. The van der Waals surface area contributed by atoms with Crippen LogP contribution in [0.15, 0.2) is 0 Å². The van der Waals surface area contributed by atoms with Crippen molar-refractivity contribution in [3.05, 3.63) is 0 Å². The topological polar surface area (TPSA) is 100 Å². The Labute approximate surface area is 120 Å². The lowest BCUT2D eigenvalue weighted by Crippen LogP contribution is -2.39. The first-order valence-electron chi connectivity index (χ1n) is 6.84. The molecule has 3 rings (SSSR count). The van der Waals surface area contributed by atoms with Crippen molar-refractivity contribution in [2.45, 2.75) is 12.8 Å². The van der Waals surface area contributed by atoms with Gasteiger partial charge in [-0.2, -0.15) is 15.0 Å². The van der Waals surface area contributed by atoms with E-state index in [-0.39, 0.29) is 0 Å². The number of nitrogen functional groups attached to an aromatic ring is 1. The molecule has 1 aromatic rings. The van der Waals surface area contributed by atoms with Gasteiger partial charge in [0.05, 0.1) is 0 Å². The van der Waals surface area contributed by atoms with E-state index in [1.807, 2.05) is 4.90 Å². The summed E-state index contributed by atoms with van der Waals surface area (Å²) in [5.74, 6) is 8.44. The number of nitrogens with one attached hydrogen (secondary N) is 1. The summed E-state index contributed by atoms with van der Waals surface area (Å²) in [4.78, 5) is 17.4. The second-order valence-corrected chi connectivity index (χ2v) is 6.63. The molecule has 0 radical (unpaired) electrons. The molecule has 0 spiro atoms. The zero-order valence-corrected chi connectivity index (χ0v) is 12.1. The Bertz CT molecular complexity index is 496. The summed E-state index contributed by atoms with van der Waals surface area (Å²) < 4.78 is 11.4. The average Bonchev–Trinajstić information content (AvgIpc) is 3.02. The lowest BCUT2D eigenvalue weighted by atomic mass is 10.4. The van der Waals surface area contributed by atoms with Crippen LogP contribution >= 0.6 is 0 Å². The SMILES string of the molecule is NNc1nc(N2CCCC2)nc(N2CCS(=O)CC2)n1. The highest BCUT2D eigenvalue weighted by Gasteiger charge is 2.22. The van der Waals surface area contributed by atoms with Gasteiger partial charge in [-0.15, -0.1) is 0 Å². The number of hydrogen-bond donors (Lipinski definition) is 2. The number of hydrazine groups is 1. The molecule has 8 nitrogen and oxygen atoms in total. The molecule has 20 heavy (non-hydrogen) atoms. The third kappa shape index (κ3) is 2.83. The van der Waals surface area contributed by atoms with Crippen LogP contribution in [-0.2, 0) is 10.8 Å². The summed E-state index contributed by atoms with van der Waals surface area (Å²) in [6, 6.07) is 0. The van der Waals surface area contributed by atoms with Crippen molar-refractivity contribution >= 4 is 28.6 Å². The van der Waals surface area contributed by atoms with Crippen molar-refractivity contribution in [3.63, 3.8) is 0 Å². The second-order valence-electron chi connectivity index (χ2n) is 4.93. The Balaban J connectivity index is 1.85. The molecule has 0 unspecified atom stereocenters. The first kappa shape index (κ1) is 13.5. The fourth-order valence-electron chi connectivity index (χ4n) is 2.46. The maximum Gasteiger partial charge on any atom is 0.243 e. The van der Waals surface area contributed by atoms with E-state index in [1.165, 1.54) is 0 Å². The Kier molecular flexibility index (Phi) is 3.97. The largest absolute Gasteiger partial charge is 0.341 e. The van der Waals surface area contributed by atoms with Crippen LogP contribution in [0.25, 0.3) is 0 Å². The van der Waals surface area contributed by atoms with Crippen LogP contribution < -0.4 is 21.1 Å². The molecule has 1 aromatic heterocycles. The minimum atomic E-state index is -0.713. The van der Waals surface area contributed by atoms with E-state index in [0.717, 1.165) is 25.9 Å². The van der Waals surface area contributed by atoms with Crippen molar-refractivity contribution in [2.75, 3.05) is 52.9 Å². The Morgan fingerprint density at radius 2 is 1.50 bits per heavy atom. The van der Waals surface area contributed by atoms with Crippen LogP contribution in [0.4, 0.5) is 17.8 Å². The van der Waals surface area contributed by atoms with E-state index in [4.69, 9.17) is 5.84 Å². The van der Waals surface area contributed by atoms with Gasteiger partial charge in [0.15, 0.2) is 0 Å². The van der Waals surface area contributed by atoms with Gasteiger partial charge in [-0.25, -0.2) is 5.84 Å². The van der Waals surface area contributed by atoms with Gasteiger partial charge in [0.2, 0.25) is 17.8 Å². The molecule has 0 amide bonds. The predicted octanol–water partition coefficient (Wildman–Crippen LogP) is -0.674. The van der Waals surface area contributed by atoms with Crippen molar-refractivity contribution in [2.24, 2.45) is 5.84 Å². The summed E-state index contributed by atoms with van der Waals surface area (Å²) in [5, 5.41) is 0. The van der Waals surface area contributed by atoms with Crippen LogP contribution in [0.5, 0.6) is 0 Å². The van der Waals surface area contributed by atoms with Crippen molar-refractivity contribution < 1.29 is 4.21 Å². The van der Waals surface area contributed by atoms with Crippen molar-refractivity contribution in [1.29, 1.82) is 0 Å². The van der Waals surface area contributed by atoms with E-state index in [9.17, 15) is 4.21 Å². The maximum absolute atomic E-state index is 11.4. The highest BCUT2D eigenvalue weighted by molar-refractivity contribution is 7.85. The zero-order chi connectivity index (χ0) is 13.9. The third-order valence-corrected chi connectivity index (χ3v) is 4.87. The fraction of sp³-hybridized carbons (Fsp3) is 0.727. The maximum atomic E-state index is 11.4. The van der Waals surface area contributed by atoms with Gasteiger partial charge in [0.1, 0.15) is 0 Å². The first-order valence-corrected chi connectivity index (χ1v) is 8.32. The van der Waals surface area contributed by atoms with Gasteiger partial charge >= 0.3 is 0 Å². The van der Waals surface area contributed by atoms with E-state index in [1.54, 1.807) is 0 Å².